The number of aromatic nitrogens is 1. The van der Waals surface area contributed by atoms with Crippen LogP contribution in [0.25, 0.3) is 0 Å². The van der Waals surface area contributed by atoms with Crippen molar-refractivity contribution >= 4 is 50.5 Å². The molecule has 0 aliphatic carbocycles. The van der Waals surface area contributed by atoms with Gasteiger partial charge in [-0.15, -0.1) is 11.3 Å². The molecule has 1 aliphatic rings. The number of rotatable bonds is 9. The molecule has 7 nitrogen and oxygen atoms in total. The van der Waals surface area contributed by atoms with E-state index < -0.39 is 11.6 Å². The zero-order chi connectivity index (χ0) is 23.8. The molecule has 1 aromatic heterocycles. The highest BCUT2D eigenvalue weighted by atomic mass is 79.9. The summed E-state index contributed by atoms with van der Waals surface area (Å²) < 4.78 is 12.5. The fourth-order valence-corrected chi connectivity index (χ4v) is 5.65. The Morgan fingerprint density at radius 1 is 1.45 bits per heavy atom. The summed E-state index contributed by atoms with van der Waals surface area (Å²) in [6.07, 6.45) is 1.73. The number of hydrogen-bond acceptors (Lipinski definition) is 7. The molecule has 10 heteroatoms. The number of hydrogen-bond donors (Lipinski definition) is 3. The number of thiazole rings is 1. The van der Waals surface area contributed by atoms with Gasteiger partial charge < -0.3 is 19.9 Å². The Morgan fingerprint density at radius 3 is 2.88 bits per heavy atom. The average molecular weight is 557 g/mol. The van der Waals surface area contributed by atoms with Crippen molar-refractivity contribution in [3.63, 3.8) is 0 Å². The number of ether oxygens (including phenoxy) is 2. The van der Waals surface area contributed by atoms with E-state index in [0.29, 0.717) is 23.2 Å². The highest BCUT2D eigenvalue weighted by Gasteiger charge is 2.50. The Morgan fingerprint density at radius 2 is 2.21 bits per heavy atom. The van der Waals surface area contributed by atoms with E-state index in [4.69, 9.17) is 21.7 Å². The number of unbranched alkanes of at least 4 members (excludes halogenated alkanes) is 1. The zero-order valence-corrected chi connectivity index (χ0v) is 22.0. The summed E-state index contributed by atoms with van der Waals surface area (Å²) in [6.45, 7) is 5.12. The topological polar surface area (TPSA) is 92.7 Å². The van der Waals surface area contributed by atoms with Gasteiger partial charge in [-0.1, -0.05) is 31.5 Å². The van der Waals surface area contributed by atoms with Crippen LogP contribution in [-0.4, -0.2) is 53.1 Å². The van der Waals surface area contributed by atoms with Crippen molar-refractivity contribution in [3.05, 3.63) is 50.9 Å². The highest BCUT2D eigenvalue weighted by Crippen LogP contribution is 2.42. The third-order valence-corrected chi connectivity index (χ3v) is 7.60. The van der Waals surface area contributed by atoms with Crippen LogP contribution in [-0.2, 0) is 15.0 Å². The SMILES string of the molecule is CCCCOC[C@@H](O)C1C[C@H](C)OC[C@@]1(NC(=S)NC(=O)c1ccccc1)c1nc(Br)cs1. The number of halogens is 1. The molecule has 1 aliphatic heterocycles. The summed E-state index contributed by atoms with van der Waals surface area (Å²) in [4.78, 5) is 17.3. The number of nitrogens with zero attached hydrogens (tertiary/aromatic N) is 1. The lowest BCUT2D eigenvalue weighted by Crippen LogP contribution is -2.63. The molecule has 2 aromatic rings. The molecule has 1 unspecified atom stereocenters. The van der Waals surface area contributed by atoms with Crippen LogP contribution in [0.5, 0.6) is 0 Å². The van der Waals surface area contributed by atoms with Crippen molar-refractivity contribution in [2.24, 2.45) is 5.92 Å². The molecule has 4 atom stereocenters. The maximum atomic E-state index is 12.7. The first-order valence-electron chi connectivity index (χ1n) is 11.0. The molecule has 0 radical (unpaired) electrons. The van der Waals surface area contributed by atoms with Crippen LogP contribution < -0.4 is 10.6 Å². The van der Waals surface area contributed by atoms with Crippen LogP contribution in [0.1, 0.15) is 48.5 Å². The minimum Gasteiger partial charge on any atom is -0.390 e. The van der Waals surface area contributed by atoms with E-state index in [-0.39, 0.29) is 36.3 Å². The number of aliphatic hydroxyl groups is 1. The molecular formula is C23H30BrN3O4S2. The normalized spacial score (nSPS) is 23.6. The van der Waals surface area contributed by atoms with E-state index in [2.05, 4.69) is 38.5 Å². The van der Waals surface area contributed by atoms with E-state index in [1.807, 2.05) is 18.4 Å². The summed E-state index contributed by atoms with van der Waals surface area (Å²) >= 11 is 10.4. The fourth-order valence-electron chi connectivity index (χ4n) is 3.92. The molecule has 1 aromatic carbocycles. The minimum atomic E-state index is -0.919. The van der Waals surface area contributed by atoms with Gasteiger partial charge in [0.1, 0.15) is 15.1 Å². The maximum Gasteiger partial charge on any atom is 0.257 e. The predicted molar refractivity (Wildman–Crippen MR) is 136 cm³/mol. The molecule has 3 N–H and O–H groups in total. The van der Waals surface area contributed by atoms with Crippen LogP contribution in [0.2, 0.25) is 0 Å². The van der Waals surface area contributed by atoms with Crippen LogP contribution in [0.3, 0.4) is 0 Å². The van der Waals surface area contributed by atoms with E-state index in [9.17, 15) is 9.90 Å². The summed E-state index contributed by atoms with van der Waals surface area (Å²) in [5.74, 6) is -0.610. The summed E-state index contributed by atoms with van der Waals surface area (Å²) in [5, 5.41) is 20.0. The molecule has 0 bridgehead atoms. The second kappa shape index (κ2) is 12.3. The van der Waals surface area contributed by atoms with Gasteiger partial charge in [-0.3, -0.25) is 10.1 Å². The van der Waals surface area contributed by atoms with Crippen molar-refractivity contribution in [2.75, 3.05) is 19.8 Å². The van der Waals surface area contributed by atoms with Gasteiger partial charge in [0, 0.05) is 23.5 Å². The number of benzene rings is 1. The van der Waals surface area contributed by atoms with Gasteiger partial charge in [0.05, 0.1) is 25.4 Å². The minimum absolute atomic E-state index is 0.0499. The van der Waals surface area contributed by atoms with Gasteiger partial charge in [-0.05, 0) is 60.0 Å². The number of carbonyl (C=O) groups is 1. The summed E-state index contributed by atoms with van der Waals surface area (Å²) in [6, 6.07) is 8.87. The number of nitrogens with one attached hydrogen (secondary N) is 2. The zero-order valence-electron chi connectivity index (χ0n) is 18.8. The molecule has 1 amide bonds. The van der Waals surface area contributed by atoms with Gasteiger partial charge in [0.25, 0.3) is 5.91 Å². The van der Waals surface area contributed by atoms with Crippen LogP contribution >= 0.6 is 39.5 Å². The Bertz CT molecular complexity index is 929. The van der Waals surface area contributed by atoms with Crippen LogP contribution in [0.4, 0.5) is 0 Å². The molecule has 180 valence electrons. The molecular weight excluding hydrogens is 526 g/mol. The number of amides is 1. The smallest absolute Gasteiger partial charge is 0.257 e. The predicted octanol–water partition coefficient (Wildman–Crippen LogP) is 4.01. The molecule has 1 fully saturated rings. The Kier molecular flexibility index (Phi) is 9.78. The number of carbonyl (C=O) groups excluding carboxylic acids is 1. The molecule has 3 rings (SSSR count). The van der Waals surface area contributed by atoms with Gasteiger partial charge >= 0.3 is 0 Å². The monoisotopic (exact) mass is 555 g/mol. The molecule has 0 saturated carbocycles. The van der Waals surface area contributed by atoms with Gasteiger partial charge in [0.15, 0.2) is 5.11 Å². The molecule has 1 saturated heterocycles. The van der Waals surface area contributed by atoms with Gasteiger partial charge in [-0.25, -0.2) is 4.98 Å². The third kappa shape index (κ3) is 6.80. The van der Waals surface area contributed by atoms with E-state index in [1.165, 1.54) is 11.3 Å². The van der Waals surface area contributed by atoms with E-state index >= 15 is 0 Å². The highest BCUT2D eigenvalue weighted by molar-refractivity contribution is 9.10. The van der Waals surface area contributed by atoms with Crippen molar-refractivity contribution in [3.8, 4) is 0 Å². The number of thiocarbonyl (C=S) groups is 1. The van der Waals surface area contributed by atoms with Gasteiger partial charge in [0.2, 0.25) is 0 Å². The molecule has 0 spiro atoms. The van der Waals surface area contributed by atoms with Crippen molar-refractivity contribution in [1.29, 1.82) is 0 Å². The Balaban J connectivity index is 1.84. The maximum absolute atomic E-state index is 12.7. The summed E-state index contributed by atoms with van der Waals surface area (Å²) in [7, 11) is 0. The molecule has 33 heavy (non-hydrogen) atoms. The van der Waals surface area contributed by atoms with Crippen molar-refractivity contribution in [2.45, 2.75) is 50.9 Å². The second-order valence-corrected chi connectivity index (χ2v) is 10.3. The van der Waals surface area contributed by atoms with Crippen molar-refractivity contribution in [1.82, 2.24) is 15.6 Å². The van der Waals surface area contributed by atoms with Crippen molar-refractivity contribution < 1.29 is 19.4 Å². The van der Waals surface area contributed by atoms with Crippen LogP contribution in [0, 0.1) is 5.92 Å². The summed E-state index contributed by atoms with van der Waals surface area (Å²) in [5.41, 5.74) is -0.417. The first-order chi connectivity index (χ1) is 15.9. The van der Waals surface area contributed by atoms with Gasteiger partial charge in [-0.2, -0.15) is 0 Å². The standard InChI is InChI=1S/C23H30BrN3O4S2/c1-3-4-10-30-12-18(28)17-11-15(2)31-14-23(17,21-25-19(24)13-33-21)27-22(32)26-20(29)16-8-6-5-7-9-16/h5-9,13,15,17-18,28H,3-4,10-12,14H2,1-2H3,(H2,26,27,29,32)/t15-,17?,18+,23-/m0/s1. The van der Waals surface area contributed by atoms with E-state index in [1.54, 1.807) is 24.3 Å². The quantitative estimate of drug-likeness (QED) is 0.318. The second-order valence-electron chi connectivity index (χ2n) is 8.18. The largest absolute Gasteiger partial charge is 0.390 e. The first-order valence-corrected chi connectivity index (χ1v) is 13.1. The molecule has 2 heterocycles. The lowest BCUT2D eigenvalue weighted by Gasteiger charge is -2.47. The Labute approximate surface area is 212 Å². The fraction of sp³-hybridized carbons (Fsp3) is 0.522. The van der Waals surface area contributed by atoms with E-state index in [0.717, 1.165) is 17.8 Å². The van der Waals surface area contributed by atoms with Crippen LogP contribution in [0.15, 0.2) is 40.3 Å². The average Bonchev–Trinajstić information content (AvgIpc) is 3.25. The first kappa shape index (κ1) is 26.2. The lowest BCUT2D eigenvalue weighted by atomic mass is 9.75. The third-order valence-electron chi connectivity index (χ3n) is 5.67. The Hall–Kier alpha value is -1.43. The lowest BCUT2D eigenvalue weighted by molar-refractivity contribution is -0.113. The number of aliphatic hydroxyl groups excluding tert-OH is 1.